The Balaban J connectivity index is 2.12. The van der Waals surface area contributed by atoms with E-state index >= 15 is 0 Å². The first-order valence-corrected chi connectivity index (χ1v) is 8.20. The summed E-state index contributed by atoms with van der Waals surface area (Å²) in [6.07, 6.45) is 0.418. The third kappa shape index (κ3) is 4.86. The third-order valence-corrected chi connectivity index (χ3v) is 4.39. The molecule has 0 aliphatic rings. The van der Waals surface area contributed by atoms with E-state index in [1.807, 2.05) is 25.1 Å². The van der Waals surface area contributed by atoms with Gasteiger partial charge in [0.15, 0.2) is 0 Å². The molecule has 0 fully saturated rings. The summed E-state index contributed by atoms with van der Waals surface area (Å²) in [4.78, 5) is 2.03. The highest BCUT2D eigenvalue weighted by Gasteiger charge is 2.19. The number of hydrogen-bond acceptors (Lipinski definition) is 4. The summed E-state index contributed by atoms with van der Waals surface area (Å²) in [6, 6.07) is 13.4. The topological polar surface area (TPSA) is 67.5 Å². The Hall–Kier alpha value is -2.26. The molecule has 2 aromatic carbocycles. The number of benzene rings is 2. The SMILES string of the molecule is CN(C)[C@@H](CCC(O)c1ccc(C#N)cc1CO)c1ccc(F)cc1. The van der Waals surface area contributed by atoms with Crippen molar-refractivity contribution in [2.45, 2.75) is 31.6 Å². The Morgan fingerprint density at radius 3 is 2.36 bits per heavy atom. The zero-order valence-electron chi connectivity index (χ0n) is 14.5. The normalized spacial score (nSPS) is 13.5. The van der Waals surface area contributed by atoms with Gasteiger partial charge in [-0.15, -0.1) is 0 Å². The molecule has 0 aliphatic carbocycles. The zero-order valence-corrected chi connectivity index (χ0v) is 14.5. The molecule has 2 aromatic rings. The molecule has 0 spiro atoms. The molecule has 0 saturated heterocycles. The van der Waals surface area contributed by atoms with Gasteiger partial charge in [0.1, 0.15) is 5.82 Å². The highest BCUT2D eigenvalue weighted by atomic mass is 19.1. The average molecular weight is 342 g/mol. The van der Waals surface area contributed by atoms with Crippen molar-refractivity contribution in [3.63, 3.8) is 0 Å². The lowest BCUT2D eigenvalue weighted by atomic mass is 9.93. The number of nitriles is 1. The van der Waals surface area contributed by atoms with Crippen molar-refractivity contribution >= 4 is 0 Å². The van der Waals surface area contributed by atoms with E-state index in [2.05, 4.69) is 0 Å². The Kier molecular flexibility index (Phi) is 6.65. The van der Waals surface area contributed by atoms with Crippen molar-refractivity contribution in [1.82, 2.24) is 4.90 Å². The van der Waals surface area contributed by atoms with Crippen molar-refractivity contribution in [2.24, 2.45) is 0 Å². The first kappa shape index (κ1) is 19.1. The smallest absolute Gasteiger partial charge is 0.123 e. The van der Waals surface area contributed by atoms with Crippen molar-refractivity contribution in [3.8, 4) is 6.07 Å². The fourth-order valence-electron chi connectivity index (χ4n) is 3.02. The van der Waals surface area contributed by atoms with Gasteiger partial charge >= 0.3 is 0 Å². The maximum Gasteiger partial charge on any atom is 0.123 e. The van der Waals surface area contributed by atoms with E-state index in [-0.39, 0.29) is 18.5 Å². The van der Waals surface area contributed by atoms with Crippen LogP contribution in [0.2, 0.25) is 0 Å². The molecule has 2 rings (SSSR count). The Morgan fingerprint density at radius 1 is 1.12 bits per heavy atom. The Bertz CT molecular complexity index is 738. The minimum Gasteiger partial charge on any atom is -0.392 e. The number of hydrogen-bond donors (Lipinski definition) is 2. The van der Waals surface area contributed by atoms with Crippen LogP contribution in [0.15, 0.2) is 42.5 Å². The van der Waals surface area contributed by atoms with Crippen LogP contribution in [0.4, 0.5) is 4.39 Å². The number of halogens is 1. The summed E-state index contributed by atoms with van der Waals surface area (Å²) in [6.45, 7) is -0.225. The summed E-state index contributed by atoms with van der Waals surface area (Å²) in [5.41, 5.74) is 2.64. The second-order valence-electron chi connectivity index (χ2n) is 6.31. The first-order chi connectivity index (χ1) is 12.0. The van der Waals surface area contributed by atoms with Crippen LogP contribution >= 0.6 is 0 Å². The fraction of sp³-hybridized carbons (Fsp3) is 0.350. The highest BCUT2D eigenvalue weighted by molar-refractivity contribution is 5.39. The molecule has 0 bridgehead atoms. The molecule has 2 N–H and O–H groups in total. The second-order valence-corrected chi connectivity index (χ2v) is 6.31. The molecule has 0 saturated carbocycles. The Labute approximate surface area is 147 Å². The number of nitrogens with zero attached hydrogens (tertiary/aromatic N) is 2. The molecule has 5 heteroatoms. The lowest BCUT2D eigenvalue weighted by molar-refractivity contribution is 0.144. The largest absolute Gasteiger partial charge is 0.392 e. The maximum atomic E-state index is 13.1. The van der Waals surface area contributed by atoms with Crippen LogP contribution in [0.25, 0.3) is 0 Å². The van der Waals surface area contributed by atoms with Crippen molar-refractivity contribution in [3.05, 3.63) is 70.5 Å². The van der Waals surface area contributed by atoms with Crippen LogP contribution in [0, 0.1) is 17.1 Å². The van der Waals surface area contributed by atoms with E-state index in [1.165, 1.54) is 12.1 Å². The van der Waals surface area contributed by atoms with E-state index in [0.717, 1.165) is 5.56 Å². The molecule has 1 unspecified atom stereocenters. The quantitative estimate of drug-likeness (QED) is 0.810. The molecule has 0 amide bonds. The highest BCUT2D eigenvalue weighted by Crippen LogP contribution is 2.30. The summed E-state index contributed by atoms with van der Waals surface area (Å²) >= 11 is 0. The minimum atomic E-state index is -0.738. The summed E-state index contributed by atoms with van der Waals surface area (Å²) in [7, 11) is 3.89. The molecule has 0 aromatic heterocycles. The van der Waals surface area contributed by atoms with Gasteiger partial charge in [-0.2, -0.15) is 5.26 Å². The predicted octanol–water partition coefficient (Wildman–Crippen LogP) is 3.31. The molecular weight excluding hydrogens is 319 g/mol. The van der Waals surface area contributed by atoms with Crippen molar-refractivity contribution in [2.75, 3.05) is 14.1 Å². The maximum absolute atomic E-state index is 13.1. The van der Waals surface area contributed by atoms with Gasteiger partial charge in [0, 0.05) is 6.04 Å². The summed E-state index contributed by atoms with van der Waals surface area (Å²) in [5.74, 6) is -0.272. The van der Waals surface area contributed by atoms with Gasteiger partial charge in [-0.25, -0.2) is 4.39 Å². The number of aliphatic hydroxyl groups is 2. The standard InChI is InChI=1S/C20H23FN2O2/c1-23(2)19(15-4-6-17(21)7-5-15)9-10-20(25)18-8-3-14(12-22)11-16(18)13-24/h3-8,11,19-20,24-25H,9-10,13H2,1-2H3/t19-,20?/m0/s1. The van der Waals surface area contributed by atoms with Crippen LogP contribution in [0.5, 0.6) is 0 Å². The van der Waals surface area contributed by atoms with Crippen LogP contribution in [-0.4, -0.2) is 29.2 Å². The predicted molar refractivity (Wildman–Crippen MR) is 94.1 cm³/mol. The van der Waals surface area contributed by atoms with E-state index in [4.69, 9.17) is 5.26 Å². The average Bonchev–Trinajstić information content (AvgIpc) is 2.62. The molecule has 132 valence electrons. The van der Waals surface area contributed by atoms with Gasteiger partial charge in [0.2, 0.25) is 0 Å². The van der Waals surface area contributed by atoms with E-state index in [9.17, 15) is 14.6 Å². The first-order valence-electron chi connectivity index (χ1n) is 8.20. The molecule has 2 atom stereocenters. The Morgan fingerprint density at radius 2 is 1.80 bits per heavy atom. The van der Waals surface area contributed by atoms with Gasteiger partial charge in [0.25, 0.3) is 0 Å². The molecule has 4 nitrogen and oxygen atoms in total. The van der Waals surface area contributed by atoms with Gasteiger partial charge in [-0.05, 0) is 67.9 Å². The summed E-state index contributed by atoms with van der Waals surface area (Å²) in [5, 5.41) is 29.0. The van der Waals surface area contributed by atoms with Crippen LogP contribution in [0.1, 0.15) is 47.2 Å². The lowest BCUT2D eigenvalue weighted by Crippen LogP contribution is -2.21. The van der Waals surface area contributed by atoms with Crippen LogP contribution in [-0.2, 0) is 6.61 Å². The van der Waals surface area contributed by atoms with Gasteiger partial charge in [-0.1, -0.05) is 18.2 Å². The molecule has 0 heterocycles. The third-order valence-electron chi connectivity index (χ3n) is 4.39. The second kappa shape index (κ2) is 8.72. The molecule has 0 aliphatic heterocycles. The number of aliphatic hydroxyl groups excluding tert-OH is 2. The molecular formula is C20H23FN2O2. The van der Waals surface area contributed by atoms with E-state index in [0.29, 0.717) is 29.5 Å². The molecule has 25 heavy (non-hydrogen) atoms. The minimum absolute atomic E-state index is 0.0474. The van der Waals surface area contributed by atoms with Gasteiger partial charge in [0.05, 0.1) is 24.3 Å². The van der Waals surface area contributed by atoms with Gasteiger partial charge in [-0.3, -0.25) is 0 Å². The van der Waals surface area contributed by atoms with Crippen molar-refractivity contribution < 1.29 is 14.6 Å². The van der Waals surface area contributed by atoms with Crippen LogP contribution < -0.4 is 0 Å². The fourth-order valence-corrected chi connectivity index (χ4v) is 3.02. The molecule has 0 radical (unpaired) electrons. The van der Waals surface area contributed by atoms with E-state index in [1.54, 1.807) is 30.3 Å². The van der Waals surface area contributed by atoms with Crippen molar-refractivity contribution in [1.29, 1.82) is 5.26 Å². The monoisotopic (exact) mass is 342 g/mol. The number of rotatable bonds is 7. The van der Waals surface area contributed by atoms with E-state index < -0.39 is 6.10 Å². The summed E-state index contributed by atoms with van der Waals surface area (Å²) < 4.78 is 13.1. The zero-order chi connectivity index (χ0) is 18.4. The van der Waals surface area contributed by atoms with Crippen LogP contribution in [0.3, 0.4) is 0 Å². The van der Waals surface area contributed by atoms with Gasteiger partial charge < -0.3 is 15.1 Å². The lowest BCUT2D eigenvalue weighted by Gasteiger charge is -2.26.